The summed E-state index contributed by atoms with van der Waals surface area (Å²) in [7, 11) is 0. The molecule has 0 bridgehead atoms. The molecule has 2 aromatic heterocycles. The van der Waals surface area contributed by atoms with Gasteiger partial charge in [-0.15, -0.1) is 13.2 Å². The molecule has 138 valence electrons. The molecule has 0 spiro atoms. The van der Waals surface area contributed by atoms with Gasteiger partial charge >= 0.3 is 12.3 Å². The lowest BCUT2D eigenvalue weighted by atomic mass is 10.2. The Kier molecular flexibility index (Phi) is 3.88. The number of aromatic amines is 1. The van der Waals surface area contributed by atoms with Crippen LogP contribution in [0.4, 0.5) is 24.3 Å². The smallest absolute Gasteiger partial charge is 0.478 e. The maximum Gasteiger partial charge on any atom is 0.573 e. The maximum absolute atomic E-state index is 12.3. The van der Waals surface area contributed by atoms with E-state index in [1.165, 1.54) is 30.3 Å². The normalized spacial score (nSPS) is 11.8. The third-order valence-electron chi connectivity index (χ3n) is 3.55. The number of rotatable bonds is 4. The molecule has 0 unspecified atom stereocenters. The van der Waals surface area contributed by atoms with Gasteiger partial charge < -0.3 is 20.1 Å². The second-order valence-corrected chi connectivity index (χ2v) is 6.47. The van der Waals surface area contributed by atoms with E-state index in [4.69, 9.17) is 5.11 Å². The molecule has 0 saturated carbocycles. The summed E-state index contributed by atoms with van der Waals surface area (Å²) in [5.74, 6) is -1.04. The zero-order valence-corrected chi connectivity index (χ0v) is 14.0. The lowest BCUT2D eigenvalue weighted by molar-refractivity contribution is -0.274. The van der Waals surface area contributed by atoms with E-state index in [1.54, 1.807) is 6.07 Å². The molecule has 0 radical (unpaired) electrons. The van der Waals surface area contributed by atoms with Gasteiger partial charge in [0.05, 0.1) is 26.8 Å². The molecule has 0 atom stereocenters. The predicted octanol–water partition coefficient (Wildman–Crippen LogP) is 4.51. The first kappa shape index (κ1) is 17.1. The number of thiazole rings is 1. The number of anilines is 2. The number of carbonyl (C=O) groups is 1. The van der Waals surface area contributed by atoms with Crippen molar-refractivity contribution in [2.24, 2.45) is 0 Å². The van der Waals surface area contributed by atoms with E-state index in [2.05, 4.69) is 25.0 Å². The van der Waals surface area contributed by atoms with Gasteiger partial charge in [-0.3, -0.25) is 0 Å². The van der Waals surface area contributed by atoms with Gasteiger partial charge in [0, 0.05) is 6.07 Å². The second kappa shape index (κ2) is 6.13. The van der Waals surface area contributed by atoms with Crippen LogP contribution in [0.1, 0.15) is 10.4 Å². The predicted molar refractivity (Wildman–Crippen MR) is 92.6 cm³/mol. The Morgan fingerprint density at radius 2 is 1.93 bits per heavy atom. The first-order chi connectivity index (χ1) is 12.8. The summed E-state index contributed by atoms with van der Waals surface area (Å²) >= 11 is 1.13. The number of alkyl halides is 3. The lowest BCUT2D eigenvalue weighted by Gasteiger charge is -2.07. The fraction of sp³-hybridized carbons (Fsp3) is 0.0625. The number of aromatic nitrogens is 3. The SMILES string of the molecule is O=C(O)c1ccc2nc(Nc3nc4ccc(OC(F)(F)F)cc4s3)[nH]c2c1. The number of hydrogen-bond donors (Lipinski definition) is 3. The highest BCUT2D eigenvalue weighted by atomic mass is 32.1. The van der Waals surface area contributed by atoms with Crippen molar-refractivity contribution in [1.82, 2.24) is 15.0 Å². The quantitative estimate of drug-likeness (QED) is 0.471. The number of aromatic carboxylic acids is 1. The maximum atomic E-state index is 12.3. The number of benzene rings is 2. The summed E-state index contributed by atoms with van der Waals surface area (Å²) in [4.78, 5) is 22.5. The summed E-state index contributed by atoms with van der Waals surface area (Å²) in [6.45, 7) is 0. The first-order valence-corrected chi connectivity index (χ1v) is 8.25. The van der Waals surface area contributed by atoms with Crippen molar-refractivity contribution in [2.45, 2.75) is 6.36 Å². The van der Waals surface area contributed by atoms with Crippen LogP contribution in [0.3, 0.4) is 0 Å². The fourth-order valence-corrected chi connectivity index (χ4v) is 3.35. The number of nitrogens with zero attached hydrogens (tertiary/aromatic N) is 2. The van der Waals surface area contributed by atoms with Crippen LogP contribution in [-0.4, -0.2) is 32.4 Å². The summed E-state index contributed by atoms with van der Waals surface area (Å²) < 4.78 is 41.4. The molecule has 2 aromatic carbocycles. The minimum atomic E-state index is -4.76. The highest BCUT2D eigenvalue weighted by Crippen LogP contribution is 2.32. The zero-order valence-electron chi connectivity index (χ0n) is 13.2. The van der Waals surface area contributed by atoms with E-state index in [-0.39, 0.29) is 11.3 Å². The van der Waals surface area contributed by atoms with Crippen LogP contribution in [0.15, 0.2) is 36.4 Å². The van der Waals surface area contributed by atoms with Gasteiger partial charge in [-0.25, -0.2) is 14.8 Å². The summed E-state index contributed by atoms with van der Waals surface area (Å²) in [5.41, 5.74) is 1.71. The van der Waals surface area contributed by atoms with E-state index >= 15 is 0 Å². The molecule has 7 nitrogen and oxygen atoms in total. The molecule has 3 N–H and O–H groups in total. The van der Waals surface area contributed by atoms with Crippen molar-refractivity contribution in [3.05, 3.63) is 42.0 Å². The van der Waals surface area contributed by atoms with Gasteiger partial charge in [-0.1, -0.05) is 11.3 Å². The van der Waals surface area contributed by atoms with Crippen molar-refractivity contribution in [1.29, 1.82) is 0 Å². The highest BCUT2D eigenvalue weighted by molar-refractivity contribution is 7.22. The monoisotopic (exact) mass is 394 g/mol. The Balaban J connectivity index is 1.61. The third-order valence-corrected chi connectivity index (χ3v) is 4.48. The van der Waals surface area contributed by atoms with E-state index in [0.29, 0.717) is 32.3 Å². The van der Waals surface area contributed by atoms with Crippen molar-refractivity contribution >= 4 is 49.6 Å². The van der Waals surface area contributed by atoms with Crippen LogP contribution in [-0.2, 0) is 0 Å². The van der Waals surface area contributed by atoms with Crippen LogP contribution in [0, 0.1) is 0 Å². The van der Waals surface area contributed by atoms with Crippen LogP contribution in [0.2, 0.25) is 0 Å². The lowest BCUT2D eigenvalue weighted by Crippen LogP contribution is -2.16. The van der Waals surface area contributed by atoms with Crippen molar-refractivity contribution in [3.8, 4) is 5.75 Å². The molecule has 27 heavy (non-hydrogen) atoms. The van der Waals surface area contributed by atoms with E-state index in [0.717, 1.165) is 11.3 Å². The van der Waals surface area contributed by atoms with Crippen molar-refractivity contribution in [2.75, 3.05) is 5.32 Å². The molecule has 2 heterocycles. The molecule has 0 saturated heterocycles. The van der Waals surface area contributed by atoms with Gasteiger partial charge in [0.2, 0.25) is 5.95 Å². The Morgan fingerprint density at radius 3 is 2.67 bits per heavy atom. The molecule has 0 aliphatic heterocycles. The molecule has 0 fully saturated rings. The third kappa shape index (κ3) is 3.62. The molecule has 4 rings (SSSR count). The van der Waals surface area contributed by atoms with Gasteiger partial charge in [0.25, 0.3) is 0 Å². The van der Waals surface area contributed by atoms with E-state index < -0.39 is 12.3 Å². The second-order valence-electron chi connectivity index (χ2n) is 5.44. The van der Waals surface area contributed by atoms with Gasteiger partial charge in [-0.2, -0.15) is 0 Å². The molecule has 11 heteroatoms. The molecule has 4 aromatic rings. The molecule has 0 amide bonds. The fourth-order valence-electron chi connectivity index (χ4n) is 2.46. The molecule has 0 aliphatic carbocycles. The summed E-state index contributed by atoms with van der Waals surface area (Å²) in [5, 5.41) is 12.4. The number of carboxylic acids is 1. The summed E-state index contributed by atoms with van der Waals surface area (Å²) in [6.07, 6.45) is -4.76. The van der Waals surface area contributed by atoms with Gasteiger partial charge in [-0.05, 0) is 30.3 Å². The number of ether oxygens (including phenoxy) is 1. The number of fused-ring (bicyclic) bond motifs is 2. The number of imidazole rings is 1. The largest absolute Gasteiger partial charge is 0.573 e. The average molecular weight is 394 g/mol. The Labute approximate surface area is 152 Å². The minimum Gasteiger partial charge on any atom is -0.478 e. The summed E-state index contributed by atoms with van der Waals surface area (Å²) in [6, 6.07) is 8.33. The molecular formula is C16H9F3N4O3S. The van der Waals surface area contributed by atoms with Gasteiger partial charge in [0.15, 0.2) is 5.13 Å². The molecular weight excluding hydrogens is 385 g/mol. The average Bonchev–Trinajstić information content (AvgIpc) is 3.14. The number of halogens is 3. The Morgan fingerprint density at radius 1 is 1.15 bits per heavy atom. The van der Waals surface area contributed by atoms with Crippen LogP contribution >= 0.6 is 11.3 Å². The minimum absolute atomic E-state index is 0.120. The van der Waals surface area contributed by atoms with E-state index in [1.807, 2.05) is 0 Å². The highest BCUT2D eigenvalue weighted by Gasteiger charge is 2.31. The Hall–Kier alpha value is -3.34. The van der Waals surface area contributed by atoms with Crippen LogP contribution < -0.4 is 10.1 Å². The molecule has 0 aliphatic rings. The Bertz CT molecular complexity index is 1170. The van der Waals surface area contributed by atoms with Crippen LogP contribution in [0.5, 0.6) is 5.75 Å². The van der Waals surface area contributed by atoms with Gasteiger partial charge in [0.1, 0.15) is 5.75 Å². The van der Waals surface area contributed by atoms with Crippen molar-refractivity contribution in [3.63, 3.8) is 0 Å². The number of nitrogens with one attached hydrogen (secondary N) is 2. The van der Waals surface area contributed by atoms with Crippen LogP contribution in [0.25, 0.3) is 21.3 Å². The standard InChI is InChI=1S/C16H9F3N4O3S/c17-16(18,19)26-8-2-4-10-12(6-8)27-15(22-10)23-14-20-9-3-1-7(13(24)25)5-11(9)21-14/h1-6H,(H,24,25)(H2,20,21,22,23). The first-order valence-electron chi connectivity index (χ1n) is 7.43. The van der Waals surface area contributed by atoms with Crippen molar-refractivity contribution < 1.29 is 27.8 Å². The number of hydrogen-bond acceptors (Lipinski definition) is 6. The van der Waals surface area contributed by atoms with E-state index in [9.17, 15) is 18.0 Å². The zero-order chi connectivity index (χ0) is 19.2. The number of carboxylic acid groups (broad SMARTS) is 1. The topological polar surface area (TPSA) is 100 Å². The number of H-pyrrole nitrogens is 1.